The third kappa shape index (κ3) is 3.93. The first kappa shape index (κ1) is 20.2. The minimum Gasteiger partial charge on any atom is -0.338 e. The molecular weight excluding hydrogens is 432 g/mol. The van der Waals surface area contributed by atoms with Crippen molar-refractivity contribution in [1.29, 1.82) is 0 Å². The van der Waals surface area contributed by atoms with E-state index in [1.165, 1.54) is 30.6 Å². The van der Waals surface area contributed by atoms with E-state index in [1.807, 2.05) is 53.9 Å². The van der Waals surface area contributed by atoms with Crippen molar-refractivity contribution in [2.45, 2.75) is 25.7 Å². The first-order chi connectivity index (χ1) is 16.1. The molecule has 6 nitrogen and oxygen atoms in total. The van der Waals surface area contributed by atoms with Gasteiger partial charge >= 0.3 is 0 Å². The second kappa shape index (κ2) is 8.15. The average molecular weight is 457 g/mol. The normalized spacial score (nSPS) is 21.4. The first-order valence-corrected chi connectivity index (χ1v) is 12.3. The van der Waals surface area contributed by atoms with Crippen LogP contribution in [-0.2, 0) is 4.79 Å². The van der Waals surface area contributed by atoms with Crippen LogP contribution in [-0.4, -0.2) is 21.8 Å². The molecule has 2 aliphatic carbocycles. The lowest BCUT2D eigenvalue weighted by Crippen LogP contribution is -2.27. The molecule has 2 bridgehead atoms. The van der Waals surface area contributed by atoms with E-state index in [9.17, 15) is 9.59 Å². The first-order valence-electron chi connectivity index (χ1n) is 11.4. The number of amides is 2. The minimum absolute atomic E-state index is 0.110. The Balaban J connectivity index is 1.16. The van der Waals surface area contributed by atoms with E-state index in [0.29, 0.717) is 10.8 Å². The quantitative estimate of drug-likeness (QED) is 0.348. The fraction of sp³-hybridized carbons (Fsp3) is 0.269. The number of H-pyrrole nitrogens is 1. The van der Waals surface area contributed by atoms with Gasteiger partial charge in [-0.1, -0.05) is 12.5 Å². The highest BCUT2D eigenvalue weighted by Crippen LogP contribution is 2.48. The number of thiophene rings is 1. The van der Waals surface area contributed by atoms with E-state index in [4.69, 9.17) is 0 Å². The second-order valence-corrected chi connectivity index (χ2v) is 10.0. The molecule has 0 aliphatic heterocycles. The smallest absolute Gasteiger partial charge is 0.265 e. The number of carbonyl (C=O) groups is 2. The zero-order valence-electron chi connectivity index (χ0n) is 18.0. The Bertz CT molecular complexity index is 1330. The predicted octanol–water partition coefficient (Wildman–Crippen LogP) is 5.92. The summed E-state index contributed by atoms with van der Waals surface area (Å²) in [5.74, 6) is 2.27. The maximum absolute atomic E-state index is 12.8. The fourth-order valence-electron chi connectivity index (χ4n) is 5.34. The summed E-state index contributed by atoms with van der Waals surface area (Å²) in [4.78, 5) is 33.7. The highest BCUT2D eigenvalue weighted by Gasteiger charge is 2.43. The number of hydrogen-bond acceptors (Lipinski definition) is 4. The SMILES string of the molecule is O=C(Nc1ccc(-c2nc3ccc(NC(=O)C4CC5CCC4C5)cc3[nH]2)cc1)c1cccs1. The van der Waals surface area contributed by atoms with Crippen LogP contribution in [0.1, 0.15) is 35.4 Å². The number of benzene rings is 2. The van der Waals surface area contributed by atoms with Crippen LogP contribution in [0.5, 0.6) is 0 Å². The van der Waals surface area contributed by atoms with Crippen LogP contribution in [0.25, 0.3) is 22.4 Å². The lowest BCUT2D eigenvalue weighted by atomic mass is 9.88. The van der Waals surface area contributed by atoms with Gasteiger partial charge in [0.1, 0.15) is 5.82 Å². The zero-order chi connectivity index (χ0) is 22.4. The van der Waals surface area contributed by atoms with Crippen LogP contribution in [0.3, 0.4) is 0 Å². The van der Waals surface area contributed by atoms with Crippen LogP contribution >= 0.6 is 11.3 Å². The summed E-state index contributed by atoms with van der Waals surface area (Å²) in [6.07, 6.45) is 4.75. The van der Waals surface area contributed by atoms with Crippen molar-refractivity contribution in [1.82, 2.24) is 9.97 Å². The summed E-state index contributed by atoms with van der Waals surface area (Å²) in [5.41, 5.74) is 4.19. The third-order valence-electron chi connectivity index (χ3n) is 6.99. The van der Waals surface area contributed by atoms with Gasteiger partial charge in [-0.05, 0) is 85.0 Å². The van der Waals surface area contributed by atoms with Crippen molar-refractivity contribution in [3.63, 3.8) is 0 Å². The van der Waals surface area contributed by atoms with Crippen LogP contribution in [0.2, 0.25) is 0 Å². The molecule has 3 N–H and O–H groups in total. The maximum Gasteiger partial charge on any atom is 0.265 e. The Morgan fingerprint density at radius 3 is 2.55 bits per heavy atom. The molecule has 166 valence electrons. The number of imidazole rings is 1. The number of aromatic amines is 1. The van der Waals surface area contributed by atoms with Gasteiger partial charge in [-0.25, -0.2) is 4.98 Å². The molecule has 2 saturated carbocycles. The molecule has 2 aromatic carbocycles. The van der Waals surface area contributed by atoms with Crippen molar-refractivity contribution in [2.75, 3.05) is 10.6 Å². The molecule has 2 amide bonds. The van der Waals surface area contributed by atoms with E-state index in [2.05, 4.69) is 20.6 Å². The van der Waals surface area contributed by atoms with Gasteiger partial charge in [0.05, 0.1) is 15.9 Å². The molecular formula is C26H24N4O2S. The van der Waals surface area contributed by atoms with E-state index < -0.39 is 0 Å². The molecule has 33 heavy (non-hydrogen) atoms. The van der Waals surface area contributed by atoms with Gasteiger partial charge in [0, 0.05) is 22.9 Å². The van der Waals surface area contributed by atoms with Crippen LogP contribution in [0.4, 0.5) is 11.4 Å². The minimum atomic E-state index is -0.110. The Labute approximate surface area is 195 Å². The second-order valence-electron chi connectivity index (χ2n) is 9.10. The number of fused-ring (bicyclic) bond motifs is 3. The van der Waals surface area contributed by atoms with Crippen LogP contribution in [0.15, 0.2) is 60.0 Å². The van der Waals surface area contributed by atoms with Gasteiger partial charge < -0.3 is 15.6 Å². The van der Waals surface area contributed by atoms with Gasteiger partial charge in [0.15, 0.2) is 0 Å². The topological polar surface area (TPSA) is 86.9 Å². The molecule has 4 aromatic rings. The summed E-state index contributed by atoms with van der Waals surface area (Å²) in [7, 11) is 0. The maximum atomic E-state index is 12.8. The summed E-state index contributed by atoms with van der Waals surface area (Å²) in [6, 6.07) is 17.1. The summed E-state index contributed by atoms with van der Waals surface area (Å²) < 4.78 is 0. The molecule has 0 radical (unpaired) electrons. The van der Waals surface area contributed by atoms with Crippen LogP contribution in [0, 0.1) is 17.8 Å². The van der Waals surface area contributed by atoms with Gasteiger partial charge in [0.25, 0.3) is 5.91 Å². The van der Waals surface area contributed by atoms with E-state index in [-0.39, 0.29) is 17.7 Å². The Morgan fingerprint density at radius 1 is 0.970 bits per heavy atom. The molecule has 2 aromatic heterocycles. The monoisotopic (exact) mass is 456 g/mol. The standard InChI is InChI=1S/C26H24N4O2S/c31-25(20-13-15-3-4-17(20)12-15)28-19-9-10-21-22(14-19)30-24(29-21)16-5-7-18(8-6-16)27-26(32)23-2-1-11-33-23/h1-2,5-11,14-15,17,20H,3-4,12-13H2,(H,27,32)(H,28,31)(H,29,30). The predicted molar refractivity (Wildman–Crippen MR) is 131 cm³/mol. The molecule has 0 saturated heterocycles. The van der Waals surface area contributed by atoms with E-state index in [1.54, 1.807) is 6.07 Å². The van der Waals surface area contributed by atoms with Crippen molar-refractivity contribution in [3.05, 3.63) is 64.9 Å². The Hall–Kier alpha value is -3.45. The molecule has 2 aliphatic rings. The Morgan fingerprint density at radius 2 is 1.82 bits per heavy atom. The number of rotatable bonds is 5. The van der Waals surface area contributed by atoms with Crippen LogP contribution < -0.4 is 10.6 Å². The van der Waals surface area contributed by atoms with Crippen molar-refractivity contribution < 1.29 is 9.59 Å². The van der Waals surface area contributed by atoms with Gasteiger partial charge in [0.2, 0.25) is 5.91 Å². The lowest BCUT2D eigenvalue weighted by molar-refractivity contribution is -0.121. The largest absolute Gasteiger partial charge is 0.338 e. The third-order valence-corrected chi connectivity index (χ3v) is 7.85. The van der Waals surface area contributed by atoms with Crippen molar-refractivity contribution in [3.8, 4) is 11.4 Å². The number of nitrogens with zero attached hydrogens (tertiary/aromatic N) is 1. The summed E-state index contributed by atoms with van der Waals surface area (Å²) in [5, 5.41) is 7.91. The average Bonchev–Trinajstić information content (AvgIpc) is 3.63. The van der Waals surface area contributed by atoms with Gasteiger partial charge in [-0.15, -0.1) is 11.3 Å². The van der Waals surface area contributed by atoms with E-state index >= 15 is 0 Å². The highest BCUT2D eigenvalue weighted by atomic mass is 32.1. The molecule has 0 spiro atoms. The molecule has 3 unspecified atom stereocenters. The number of hydrogen-bond donors (Lipinski definition) is 3. The highest BCUT2D eigenvalue weighted by molar-refractivity contribution is 7.12. The Kier molecular flexibility index (Phi) is 4.99. The number of aromatic nitrogens is 2. The molecule has 7 heteroatoms. The van der Waals surface area contributed by atoms with Crippen molar-refractivity contribution in [2.24, 2.45) is 17.8 Å². The van der Waals surface area contributed by atoms with Crippen molar-refractivity contribution >= 4 is 45.6 Å². The summed E-state index contributed by atoms with van der Waals surface area (Å²) in [6.45, 7) is 0. The van der Waals surface area contributed by atoms with Gasteiger partial charge in [-0.2, -0.15) is 0 Å². The molecule has 2 fully saturated rings. The van der Waals surface area contributed by atoms with Gasteiger partial charge in [-0.3, -0.25) is 9.59 Å². The number of anilines is 2. The van der Waals surface area contributed by atoms with E-state index in [0.717, 1.165) is 46.1 Å². The molecule has 6 rings (SSSR count). The zero-order valence-corrected chi connectivity index (χ0v) is 18.8. The fourth-order valence-corrected chi connectivity index (χ4v) is 5.96. The lowest BCUT2D eigenvalue weighted by Gasteiger charge is -2.20. The molecule has 2 heterocycles. The summed E-state index contributed by atoms with van der Waals surface area (Å²) >= 11 is 1.41. The molecule has 3 atom stereocenters. The number of carbonyl (C=O) groups excluding carboxylic acids is 2. The number of nitrogens with one attached hydrogen (secondary N) is 3.